The fourth-order valence-electron chi connectivity index (χ4n) is 2.51. The first-order valence-electron chi connectivity index (χ1n) is 8.79. The second-order valence-electron chi connectivity index (χ2n) is 5.93. The third-order valence-corrected chi connectivity index (χ3v) is 4.82. The van der Waals surface area contributed by atoms with Crippen LogP contribution in [0.2, 0.25) is 0 Å². The van der Waals surface area contributed by atoms with Crippen LogP contribution < -0.4 is 9.47 Å². The van der Waals surface area contributed by atoms with Crippen LogP contribution in [0.25, 0.3) is 6.08 Å². The Bertz CT molecular complexity index is 928. The molecule has 0 bridgehead atoms. The van der Waals surface area contributed by atoms with E-state index >= 15 is 0 Å². The largest absolute Gasteiger partial charge is 0.490 e. The maximum Gasteiger partial charge on any atom is 0.325 e. The second-order valence-corrected chi connectivity index (χ2v) is 6.92. The van der Waals surface area contributed by atoms with Crippen LogP contribution in [0.3, 0.4) is 0 Å². The van der Waals surface area contributed by atoms with Crippen LogP contribution in [0.4, 0.5) is 4.79 Å². The van der Waals surface area contributed by atoms with Crippen LogP contribution >= 0.6 is 11.8 Å². The van der Waals surface area contributed by atoms with Crippen LogP contribution in [0.15, 0.2) is 59.5 Å². The van der Waals surface area contributed by atoms with Crippen molar-refractivity contribution in [2.75, 3.05) is 26.9 Å². The summed E-state index contributed by atoms with van der Waals surface area (Å²) < 4.78 is 15.8. The minimum atomic E-state index is -0.651. The number of hydrogen-bond acceptors (Lipinski definition) is 7. The Kier molecular flexibility index (Phi) is 6.91. The highest BCUT2D eigenvalue weighted by molar-refractivity contribution is 8.18. The smallest absolute Gasteiger partial charge is 0.325 e. The van der Waals surface area contributed by atoms with Crippen LogP contribution in [-0.2, 0) is 14.3 Å². The van der Waals surface area contributed by atoms with E-state index in [2.05, 4.69) is 4.74 Å². The Morgan fingerprint density at radius 1 is 1.00 bits per heavy atom. The molecule has 0 saturated carbocycles. The number of methoxy groups -OCH3 is 1. The molecule has 2 amide bonds. The standard InChI is InChI=1S/C21H19NO6S/c1-26-19(23)14-22-20(24)18(29-21(22)25)13-15-6-5-9-17(12-15)28-11-10-27-16-7-3-2-4-8-16/h2-9,12-13H,10-11,14H2,1H3/b18-13-. The summed E-state index contributed by atoms with van der Waals surface area (Å²) in [5, 5.41) is -0.503. The molecule has 8 heteroatoms. The summed E-state index contributed by atoms with van der Waals surface area (Å²) in [7, 11) is 1.20. The molecule has 1 fully saturated rings. The van der Waals surface area contributed by atoms with Gasteiger partial charge in [0, 0.05) is 0 Å². The van der Waals surface area contributed by atoms with Crippen LogP contribution in [-0.4, -0.2) is 48.9 Å². The molecule has 7 nitrogen and oxygen atoms in total. The molecule has 0 aromatic heterocycles. The topological polar surface area (TPSA) is 82.1 Å². The number of amides is 2. The number of thioether (sulfide) groups is 1. The lowest BCUT2D eigenvalue weighted by molar-refractivity contribution is -0.143. The van der Waals surface area contributed by atoms with E-state index in [-0.39, 0.29) is 4.91 Å². The number of para-hydroxylation sites is 1. The van der Waals surface area contributed by atoms with Gasteiger partial charge in [0.15, 0.2) is 0 Å². The zero-order valence-corrected chi connectivity index (χ0v) is 16.5. The average molecular weight is 413 g/mol. The van der Waals surface area contributed by atoms with E-state index in [1.54, 1.807) is 30.3 Å². The third-order valence-electron chi connectivity index (χ3n) is 3.91. The number of nitrogens with zero attached hydrogens (tertiary/aromatic N) is 1. The Labute approximate surface area is 172 Å². The van der Waals surface area contributed by atoms with Gasteiger partial charge in [0.2, 0.25) is 0 Å². The van der Waals surface area contributed by atoms with Gasteiger partial charge in [-0.15, -0.1) is 0 Å². The Morgan fingerprint density at radius 3 is 2.41 bits per heavy atom. The molecule has 0 radical (unpaired) electrons. The molecule has 2 aromatic rings. The normalized spacial score (nSPS) is 14.9. The monoisotopic (exact) mass is 413 g/mol. The predicted octanol–water partition coefficient (Wildman–Crippen LogP) is 3.35. The quantitative estimate of drug-likeness (QED) is 0.373. The first-order valence-corrected chi connectivity index (χ1v) is 9.61. The van der Waals surface area contributed by atoms with Crippen molar-refractivity contribution in [3.05, 3.63) is 65.1 Å². The number of esters is 1. The molecule has 1 aliphatic rings. The molecule has 1 saturated heterocycles. The van der Waals surface area contributed by atoms with Gasteiger partial charge in [0.05, 0.1) is 12.0 Å². The summed E-state index contributed by atoms with van der Waals surface area (Å²) in [6.07, 6.45) is 1.59. The fraction of sp³-hybridized carbons (Fsp3) is 0.190. The van der Waals surface area contributed by atoms with Gasteiger partial charge in [-0.1, -0.05) is 30.3 Å². The van der Waals surface area contributed by atoms with Gasteiger partial charge in [-0.3, -0.25) is 19.3 Å². The Hall–Kier alpha value is -3.26. The van der Waals surface area contributed by atoms with E-state index in [0.717, 1.165) is 22.4 Å². The lowest BCUT2D eigenvalue weighted by atomic mass is 10.2. The van der Waals surface area contributed by atoms with Crippen LogP contribution in [0.1, 0.15) is 5.56 Å². The first-order chi connectivity index (χ1) is 14.1. The molecule has 0 atom stereocenters. The summed E-state index contributed by atoms with van der Waals surface area (Å²) in [5.41, 5.74) is 0.704. The minimum Gasteiger partial charge on any atom is -0.490 e. The molecule has 0 N–H and O–H groups in total. The van der Waals surface area contributed by atoms with E-state index in [0.29, 0.717) is 24.5 Å². The molecule has 1 heterocycles. The molecular formula is C21H19NO6S. The number of carbonyl (C=O) groups excluding carboxylic acids is 3. The number of imide groups is 1. The molecule has 29 heavy (non-hydrogen) atoms. The van der Waals surface area contributed by atoms with Gasteiger partial charge in [-0.05, 0) is 47.7 Å². The number of hydrogen-bond donors (Lipinski definition) is 0. The van der Waals surface area contributed by atoms with Crippen molar-refractivity contribution in [3.8, 4) is 11.5 Å². The molecule has 1 aliphatic heterocycles. The zero-order chi connectivity index (χ0) is 20.6. The van der Waals surface area contributed by atoms with Crippen LogP contribution in [0, 0.1) is 0 Å². The Morgan fingerprint density at radius 2 is 1.69 bits per heavy atom. The summed E-state index contributed by atoms with van der Waals surface area (Å²) in [6.45, 7) is 0.345. The lowest BCUT2D eigenvalue weighted by Crippen LogP contribution is -2.34. The minimum absolute atomic E-state index is 0.239. The average Bonchev–Trinajstić information content (AvgIpc) is 2.99. The summed E-state index contributed by atoms with van der Waals surface area (Å²) in [5.74, 6) is 0.214. The SMILES string of the molecule is COC(=O)CN1C(=O)S/C(=C\c2cccc(OCCOc3ccccc3)c2)C1=O. The Balaban J connectivity index is 1.58. The highest BCUT2D eigenvalue weighted by Gasteiger charge is 2.36. The lowest BCUT2D eigenvalue weighted by Gasteiger charge is -2.10. The van der Waals surface area contributed by atoms with Crippen molar-refractivity contribution < 1.29 is 28.6 Å². The molecule has 0 aliphatic carbocycles. The van der Waals surface area contributed by atoms with Crippen molar-refractivity contribution in [3.63, 3.8) is 0 Å². The third kappa shape index (κ3) is 5.61. The van der Waals surface area contributed by atoms with Gasteiger partial charge in [0.1, 0.15) is 31.3 Å². The van der Waals surface area contributed by atoms with Gasteiger partial charge in [-0.2, -0.15) is 0 Å². The van der Waals surface area contributed by atoms with Crippen molar-refractivity contribution in [2.45, 2.75) is 0 Å². The van der Waals surface area contributed by atoms with Gasteiger partial charge >= 0.3 is 5.97 Å². The first kappa shape index (κ1) is 20.5. The van der Waals surface area contributed by atoms with Gasteiger partial charge < -0.3 is 14.2 Å². The molecule has 0 spiro atoms. The maximum atomic E-state index is 12.4. The highest BCUT2D eigenvalue weighted by Crippen LogP contribution is 2.32. The van der Waals surface area contributed by atoms with Gasteiger partial charge in [-0.25, -0.2) is 0 Å². The molecule has 2 aromatic carbocycles. The van der Waals surface area contributed by atoms with E-state index in [4.69, 9.17) is 9.47 Å². The van der Waals surface area contributed by atoms with E-state index in [9.17, 15) is 14.4 Å². The maximum absolute atomic E-state index is 12.4. The number of benzene rings is 2. The van der Waals surface area contributed by atoms with Crippen molar-refractivity contribution >= 4 is 35.0 Å². The van der Waals surface area contributed by atoms with E-state index < -0.39 is 23.7 Å². The zero-order valence-electron chi connectivity index (χ0n) is 15.7. The fourth-order valence-corrected chi connectivity index (χ4v) is 3.35. The van der Waals surface area contributed by atoms with Crippen molar-refractivity contribution in [1.29, 1.82) is 0 Å². The molecule has 0 unspecified atom stereocenters. The summed E-state index contributed by atoms with van der Waals surface area (Å²) in [6, 6.07) is 16.6. The van der Waals surface area contributed by atoms with E-state index in [1.807, 2.05) is 30.3 Å². The second kappa shape index (κ2) is 9.79. The number of rotatable bonds is 8. The summed E-state index contributed by atoms with van der Waals surface area (Å²) in [4.78, 5) is 36.8. The van der Waals surface area contributed by atoms with E-state index in [1.165, 1.54) is 7.11 Å². The summed E-state index contributed by atoms with van der Waals surface area (Å²) >= 11 is 0.784. The van der Waals surface area contributed by atoms with Crippen molar-refractivity contribution in [1.82, 2.24) is 4.90 Å². The molecule has 150 valence electrons. The molecule has 3 rings (SSSR count). The number of ether oxygens (including phenoxy) is 3. The van der Waals surface area contributed by atoms with Crippen LogP contribution in [0.5, 0.6) is 11.5 Å². The van der Waals surface area contributed by atoms with Crippen molar-refractivity contribution in [2.24, 2.45) is 0 Å². The predicted molar refractivity (Wildman–Crippen MR) is 109 cm³/mol. The highest BCUT2D eigenvalue weighted by atomic mass is 32.2. The molecular weight excluding hydrogens is 394 g/mol. The van der Waals surface area contributed by atoms with Gasteiger partial charge in [0.25, 0.3) is 11.1 Å². The number of carbonyl (C=O) groups is 3.